The summed E-state index contributed by atoms with van der Waals surface area (Å²) < 4.78 is 25.2. The number of halogens is 2. The van der Waals surface area contributed by atoms with Crippen molar-refractivity contribution in [3.8, 4) is 0 Å². The molecule has 1 saturated heterocycles. The summed E-state index contributed by atoms with van der Waals surface area (Å²) in [5.74, 6) is -0.199. The number of hydroxylamine groups is 1. The van der Waals surface area contributed by atoms with E-state index in [1.54, 1.807) is 0 Å². The number of hydrogen-bond donors (Lipinski definition) is 0. The summed E-state index contributed by atoms with van der Waals surface area (Å²) >= 11 is 12.2. The first-order valence-corrected chi connectivity index (χ1v) is 8.67. The predicted octanol–water partition coefficient (Wildman–Crippen LogP) is 1.70. The van der Waals surface area contributed by atoms with Gasteiger partial charge in [-0.3, -0.25) is 9.63 Å². The maximum absolute atomic E-state index is 12.4. The van der Waals surface area contributed by atoms with Gasteiger partial charge >= 0.3 is 0 Å². The molecule has 19 heavy (non-hydrogen) atoms. The molecule has 3 fully saturated rings. The Labute approximate surface area is 122 Å². The fourth-order valence-corrected chi connectivity index (χ4v) is 6.34. The average Bonchev–Trinajstić information content (AvgIpc) is 3.09. The number of nitrogens with zero attached hydrogens (tertiary/aromatic N) is 1. The van der Waals surface area contributed by atoms with Crippen LogP contribution in [-0.2, 0) is 19.7 Å². The van der Waals surface area contributed by atoms with Crippen LogP contribution in [0.15, 0.2) is 0 Å². The number of alkyl halides is 2. The molecule has 0 spiro atoms. The summed E-state index contributed by atoms with van der Waals surface area (Å²) in [6, 6.07) is 0. The molecule has 0 radical (unpaired) electrons. The van der Waals surface area contributed by atoms with Crippen molar-refractivity contribution >= 4 is 39.0 Å². The number of sulfonamides is 1. The van der Waals surface area contributed by atoms with Gasteiger partial charge in [-0.1, -0.05) is 11.4 Å². The summed E-state index contributed by atoms with van der Waals surface area (Å²) in [7, 11) is -3.58. The first-order valence-electron chi connectivity index (χ1n) is 6.19. The van der Waals surface area contributed by atoms with Crippen LogP contribution in [0.1, 0.15) is 26.2 Å². The molecule has 108 valence electrons. The molecule has 8 heteroatoms. The van der Waals surface area contributed by atoms with Crippen molar-refractivity contribution in [2.24, 2.45) is 16.7 Å². The highest BCUT2D eigenvalue weighted by molar-refractivity contribution is 7.89. The van der Waals surface area contributed by atoms with E-state index in [0.717, 1.165) is 10.9 Å². The van der Waals surface area contributed by atoms with Crippen LogP contribution in [0, 0.1) is 16.7 Å². The first kappa shape index (κ1) is 14.1. The normalized spacial score (nSPS) is 45.2. The van der Waals surface area contributed by atoms with Crippen LogP contribution in [0.4, 0.5) is 0 Å². The lowest BCUT2D eigenvalue weighted by atomic mass is 9.70. The Morgan fingerprint density at radius 3 is 2.63 bits per heavy atom. The van der Waals surface area contributed by atoms with Gasteiger partial charge in [0.05, 0.1) is 11.2 Å². The Kier molecular flexibility index (Phi) is 3.02. The minimum Gasteiger partial charge on any atom is -0.299 e. The molecule has 3 unspecified atom stereocenters. The minimum atomic E-state index is -3.58. The zero-order chi connectivity index (χ0) is 14.1. The van der Waals surface area contributed by atoms with E-state index >= 15 is 0 Å². The molecule has 5 nitrogen and oxygen atoms in total. The fraction of sp³-hybridized carbons (Fsp3) is 0.909. The van der Waals surface area contributed by atoms with Gasteiger partial charge in [-0.2, -0.15) is 0 Å². The van der Waals surface area contributed by atoms with E-state index in [2.05, 4.69) is 0 Å². The fourth-order valence-electron chi connectivity index (χ4n) is 3.82. The van der Waals surface area contributed by atoms with E-state index in [1.807, 2.05) is 6.92 Å². The van der Waals surface area contributed by atoms with Gasteiger partial charge in [0.2, 0.25) is 10.0 Å². The van der Waals surface area contributed by atoms with Crippen LogP contribution in [0.2, 0.25) is 0 Å². The van der Waals surface area contributed by atoms with Crippen LogP contribution < -0.4 is 0 Å². The van der Waals surface area contributed by atoms with Crippen molar-refractivity contribution in [3.63, 3.8) is 0 Å². The second-order valence-corrected chi connectivity index (χ2v) is 8.80. The third-order valence-electron chi connectivity index (χ3n) is 5.19. The molecule has 0 N–H and O–H groups in total. The quantitative estimate of drug-likeness (QED) is 0.582. The van der Waals surface area contributed by atoms with Gasteiger partial charge < -0.3 is 0 Å². The van der Waals surface area contributed by atoms with Crippen molar-refractivity contribution < 1.29 is 18.0 Å². The second kappa shape index (κ2) is 4.07. The molecule has 0 aromatic rings. The van der Waals surface area contributed by atoms with Gasteiger partial charge in [-0.05, 0) is 18.8 Å². The van der Waals surface area contributed by atoms with E-state index < -0.39 is 25.7 Å². The standard InChI is InChI=1S/C11H15Cl2NO4S/c1-10(9(12)13)7-2-3-11(10,8(15)4-7)5-19(16,17)14-6-18-14/h7,9H,2-6H2,1H3/t7?,10?,11-,14?/m0/s1. The van der Waals surface area contributed by atoms with Crippen molar-refractivity contribution in [2.75, 3.05) is 12.5 Å². The maximum Gasteiger partial charge on any atom is 0.239 e. The Bertz CT molecular complexity index is 533. The number of fused-ring (bicyclic) bond motifs is 2. The molecule has 1 heterocycles. The molecule has 0 aromatic carbocycles. The van der Waals surface area contributed by atoms with Crippen molar-refractivity contribution in [3.05, 3.63) is 0 Å². The van der Waals surface area contributed by atoms with Crippen molar-refractivity contribution in [2.45, 2.75) is 31.0 Å². The third kappa shape index (κ3) is 1.73. The highest BCUT2D eigenvalue weighted by atomic mass is 35.5. The van der Waals surface area contributed by atoms with Crippen LogP contribution in [0.3, 0.4) is 0 Å². The van der Waals surface area contributed by atoms with E-state index in [-0.39, 0.29) is 24.2 Å². The number of carbonyl (C=O) groups excluding carboxylic acids is 1. The third-order valence-corrected chi connectivity index (χ3v) is 7.79. The molecule has 2 saturated carbocycles. The summed E-state index contributed by atoms with van der Waals surface area (Å²) in [6.07, 6.45) is 1.72. The highest BCUT2D eigenvalue weighted by Crippen LogP contribution is 2.67. The largest absolute Gasteiger partial charge is 0.299 e. The number of carbonyl (C=O) groups is 1. The van der Waals surface area contributed by atoms with Crippen molar-refractivity contribution in [1.29, 1.82) is 0 Å². The molecule has 4 atom stereocenters. The summed E-state index contributed by atoms with van der Waals surface area (Å²) in [5.41, 5.74) is -1.63. The van der Waals surface area contributed by atoms with Crippen LogP contribution in [0.25, 0.3) is 0 Å². The van der Waals surface area contributed by atoms with Gasteiger partial charge in [-0.15, -0.1) is 23.2 Å². The highest BCUT2D eigenvalue weighted by Gasteiger charge is 2.70. The van der Waals surface area contributed by atoms with Crippen LogP contribution >= 0.6 is 23.2 Å². The zero-order valence-corrected chi connectivity index (χ0v) is 12.8. The SMILES string of the molecule is CC1(C(Cl)Cl)C2CC[C@]1(CS(=O)(=O)N1CO1)C(=O)C2. The Balaban J connectivity index is 2.02. The Morgan fingerprint density at radius 2 is 2.16 bits per heavy atom. The van der Waals surface area contributed by atoms with Gasteiger partial charge in [0.25, 0.3) is 0 Å². The molecule has 1 aliphatic heterocycles. The second-order valence-electron chi connectivity index (χ2n) is 5.85. The molecule has 3 aliphatic rings. The van der Waals surface area contributed by atoms with E-state index in [4.69, 9.17) is 28.0 Å². The van der Waals surface area contributed by atoms with Crippen LogP contribution in [-0.4, -0.2) is 36.0 Å². The number of ketones is 1. The zero-order valence-electron chi connectivity index (χ0n) is 10.4. The van der Waals surface area contributed by atoms with Crippen LogP contribution in [0.5, 0.6) is 0 Å². The van der Waals surface area contributed by atoms with Gasteiger partial charge in [0.1, 0.15) is 10.6 Å². The van der Waals surface area contributed by atoms with Crippen molar-refractivity contribution in [1.82, 2.24) is 4.47 Å². The Hall–Kier alpha value is 0.120. The number of rotatable bonds is 4. The lowest BCUT2D eigenvalue weighted by Crippen LogP contribution is -2.47. The van der Waals surface area contributed by atoms with E-state index in [9.17, 15) is 13.2 Å². The molecule has 3 rings (SSSR count). The summed E-state index contributed by atoms with van der Waals surface area (Å²) in [4.78, 5) is 16.3. The molecule has 0 aromatic heterocycles. The summed E-state index contributed by atoms with van der Waals surface area (Å²) in [5, 5.41) is 0. The van der Waals surface area contributed by atoms with E-state index in [1.165, 1.54) is 0 Å². The van der Waals surface area contributed by atoms with Gasteiger partial charge in [0, 0.05) is 11.8 Å². The minimum absolute atomic E-state index is 0.0250. The molecule has 2 aliphatic carbocycles. The molecule has 2 bridgehead atoms. The van der Waals surface area contributed by atoms with E-state index in [0.29, 0.717) is 12.8 Å². The van der Waals surface area contributed by atoms with Gasteiger partial charge in [0.15, 0.2) is 6.73 Å². The predicted molar refractivity (Wildman–Crippen MR) is 70.0 cm³/mol. The lowest BCUT2D eigenvalue weighted by Gasteiger charge is -2.40. The Morgan fingerprint density at radius 1 is 1.53 bits per heavy atom. The molecular formula is C11H15Cl2NO4S. The number of Topliss-reactive ketones (excluding diaryl/α,β-unsaturated/α-hetero) is 1. The monoisotopic (exact) mass is 327 g/mol. The smallest absolute Gasteiger partial charge is 0.239 e. The average molecular weight is 328 g/mol. The maximum atomic E-state index is 12.4. The summed E-state index contributed by atoms with van der Waals surface area (Å²) in [6.45, 7) is 1.91. The molecule has 0 amide bonds. The van der Waals surface area contributed by atoms with Gasteiger partial charge in [-0.25, -0.2) is 8.42 Å². The topological polar surface area (TPSA) is 66.8 Å². The molecular weight excluding hydrogens is 313 g/mol. The first-order chi connectivity index (χ1) is 8.74. The number of hydrogen-bond acceptors (Lipinski definition) is 4. The lowest BCUT2D eigenvalue weighted by molar-refractivity contribution is -0.128.